The number of nitrogens with one attached hydrogen (secondary N) is 1. The number of nitrogens with zero attached hydrogens (tertiary/aromatic N) is 1. The third-order valence-corrected chi connectivity index (χ3v) is 4.36. The third-order valence-electron chi connectivity index (χ3n) is 4.36. The SMILES string of the molecule is CCN(CC)CC(C)NC1CCCc2ccc(O)cc21. The summed E-state index contributed by atoms with van der Waals surface area (Å²) in [6, 6.07) is 6.68. The van der Waals surface area contributed by atoms with Crippen LogP contribution in [0.3, 0.4) is 0 Å². The van der Waals surface area contributed by atoms with E-state index in [1.54, 1.807) is 6.07 Å². The van der Waals surface area contributed by atoms with Gasteiger partial charge >= 0.3 is 0 Å². The molecule has 1 aromatic rings. The summed E-state index contributed by atoms with van der Waals surface area (Å²) in [5, 5.41) is 13.5. The second kappa shape index (κ2) is 7.09. The molecular weight excluding hydrogens is 248 g/mol. The first-order chi connectivity index (χ1) is 9.63. The lowest BCUT2D eigenvalue weighted by atomic mass is 9.87. The van der Waals surface area contributed by atoms with E-state index >= 15 is 0 Å². The molecule has 0 fully saturated rings. The zero-order valence-corrected chi connectivity index (χ0v) is 13.0. The van der Waals surface area contributed by atoms with Gasteiger partial charge in [-0.3, -0.25) is 0 Å². The lowest BCUT2D eigenvalue weighted by Crippen LogP contribution is -2.41. The van der Waals surface area contributed by atoms with Crippen LogP contribution in [-0.4, -0.2) is 35.7 Å². The minimum atomic E-state index is 0.383. The Balaban J connectivity index is 2.02. The van der Waals surface area contributed by atoms with Gasteiger partial charge < -0.3 is 15.3 Å². The number of phenolic OH excluding ortho intramolecular Hbond substituents is 1. The second-order valence-electron chi connectivity index (χ2n) is 5.88. The van der Waals surface area contributed by atoms with Crippen LogP contribution >= 0.6 is 0 Å². The molecule has 1 aliphatic rings. The van der Waals surface area contributed by atoms with E-state index in [0.29, 0.717) is 17.8 Å². The van der Waals surface area contributed by atoms with E-state index in [0.717, 1.165) is 26.1 Å². The highest BCUT2D eigenvalue weighted by atomic mass is 16.3. The van der Waals surface area contributed by atoms with Crippen molar-refractivity contribution in [3.05, 3.63) is 29.3 Å². The van der Waals surface area contributed by atoms with E-state index < -0.39 is 0 Å². The molecule has 0 radical (unpaired) electrons. The monoisotopic (exact) mass is 276 g/mol. The van der Waals surface area contributed by atoms with E-state index in [2.05, 4.69) is 37.1 Å². The van der Waals surface area contributed by atoms with E-state index in [1.165, 1.54) is 24.0 Å². The lowest BCUT2D eigenvalue weighted by molar-refractivity contribution is 0.257. The van der Waals surface area contributed by atoms with Crippen molar-refractivity contribution in [2.45, 2.75) is 52.1 Å². The summed E-state index contributed by atoms with van der Waals surface area (Å²) < 4.78 is 0. The number of aryl methyl sites for hydroxylation is 1. The van der Waals surface area contributed by atoms with Gasteiger partial charge in [0.05, 0.1) is 0 Å². The Morgan fingerprint density at radius 1 is 1.35 bits per heavy atom. The predicted octanol–water partition coefficient (Wildman–Crippen LogP) is 3.09. The van der Waals surface area contributed by atoms with Crippen molar-refractivity contribution in [2.24, 2.45) is 0 Å². The van der Waals surface area contributed by atoms with Gasteiger partial charge in [0.25, 0.3) is 0 Å². The molecule has 0 aromatic heterocycles. The maximum atomic E-state index is 9.73. The van der Waals surface area contributed by atoms with Crippen LogP contribution in [0.15, 0.2) is 18.2 Å². The Hall–Kier alpha value is -1.06. The van der Waals surface area contributed by atoms with Crippen LogP contribution in [0.25, 0.3) is 0 Å². The van der Waals surface area contributed by atoms with E-state index in [1.807, 2.05) is 6.07 Å². The molecule has 2 unspecified atom stereocenters. The quantitative estimate of drug-likeness (QED) is 0.838. The molecule has 0 saturated heterocycles. The topological polar surface area (TPSA) is 35.5 Å². The molecule has 0 heterocycles. The number of rotatable bonds is 6. The molecule has 0 aliphatic heterocycles. The van der Waals surface area contributed by atoms with Crippen molar-refractivity contribution in [1.82, 2.24) is 10.2 Å². The molecule has 3 heteroatoms. The zero-order chi connectivity index (χ0) is 14.5. The number of benzene rings is 1. The first-order valence-corrected chi connectivity index (χ1v) is 7.94. The van der Waals surface area contributed by atoms with Gasteiger partial charge in [0, 0.05) is 18.6 Å². The van der Waals surface area contributed by atoms with Crippen molar-refractivity contribution in [1.29, 1.82) is 0 Å². The van der Waals surface area contributed by atoms with Crippen LogP contribution in [0.2, 0.25) is 0 Å². The summed E-state index contributed by atoms with van der Waals surface area (Å²) in [7, 11) is 0. The Morgan fingerprint density at radius 3 is 2.80 bits per heavy atom. The standard InChI is InChI=1S/C17H28N2O/c1-4-19(5-2)12-13(3)18-17-8-6-7-14-9-10-15(20)11-16(14)17/h9-11,13,17-18,20H,4-8,12H2,1-3H3. The van der Waals surface area contributed by atoms with Crippen LogP contribution in [0.1, 0.15) is 50.8 Å². The smallest absolute Gasteiger partial charge is 0.115 e. The number of fused-ring (bicyclic) bond motifs is 1. The maximum absolute atomic E-state index is 9.73. The highest BCUT2D eigenvalue weighted by molar-refractivity contribution is 5.38. The molecule has 0 bridgehead atoms. The predicted molar refractivity (Wildman–Crippen MR) is 84.2 cm³/mol. The summed E-state index contributed by atoms with van der Waals surface area (Å²) >= 11 is 0. The Bertz CT molecular complexity index is 429. The molecule has 0 saturated carbocycles. The molecule has 2 atom stereocenters. The lowest BCUT2D eigenvalue weighted by Gasteiger charge is -2.31. The number of likely N-dealkylation sites (N-methyl/N-ethyl adjacent to an activating group) is 1. The van der Waals surface area contributed by atoms with Crippen LogP contribution in [0, 0.1) is 0 Å². The van der Waals surface area contributed by atoms with Crippen molar-refractivity contribution in [2.75, 3.05) is 19.6 Å². The highest BCUT2D eigenvalue weighted by Gasteiger charge is 2.22. The molecular formula is C17H28N2O. The van der Waals surface area contributed by atoms with Crippen molar-refractivity contribution < 1.29 is 5.11 Å². The van der Waals surface area contributed by atoms with Crippen LogP contribution in [-0.2, 0) is 6.42 Å². The first-order valence-electron chi connectivity index (χ1n) is 7.94. The minimum absolute atomic E-state index is 0.383. The molecule has 2 N–H and O–H groups in total. The molecule has 2 rings (SSSR count). The van der Waals surface area contributed by atoms with Gasteiger partial charge in [-0.15, -0.1) is 0 Å². The van der Waals surface area contributed by atoms with Crippen molar-refractivity contribution in [3.63, 3.8) is 0 Å². The summed E-state index contributed by atoms with van der Waals surface area (Å²) in [6.07, 6.45) is 3.53. The Kier molecular flexibility index (Phi) is 5.44. The average Bonchev–Trinajstić information content (AvgIpc) is 2.45. The largest absolute Gasteiger partial charge is 0.508 e. The molecule has 1 aliphatic carbocycles. The van der Waals surface area contributed by atoms with Gasteiger partial charge in [-0.05, 0) is 62.5 Å². The van der Waals surface area contributed by atoms with E-state index in [-0.39, 0.29) is 0 Å². The number of hydrogen-bond acceptors (Lipinski definition) is 3. The van der Waals surface area contributed by atoms with Gasteiger partial charge in [0.15, 0.2) is 0 Å². The van der Waals surface area contributed by atoms with Gasteiger partial charge in [-0.2, -0.15) is 0 Å². The second-order valence-corrected chi connectivity index (χ2v) is 5.88. The minimum Gasteiger partial charge on any atom is -0.508 e. The average molecular weight is 276 g/mol. The molecule has 0 spiro atoms. The molecule has 112 valence electrons. The van der Waals surface area contributed by atoms with Gasteiger partial charge in [0.1, 0.15) is 5.75 Å². The van der Waals surface area contributed by atoms with Crippen molar-refractivity contribution >= 4 is 0 Å². The highest BCUT2D eigenvalue weighted by Crippen LogP contribution is 2.32. The van der Waals surface area contributed by atoms with Gasteiger partial charge in [-0.1, -0.05) is 19.9 Å². The summed E-state index contributed by atoms with van der Waals surface area (Å²) in [4.78, 5) is 2.45. The van der Waals surface area contributed by atoms with E-state index in [9.17, 15) is 5.11 Å². The summed E-state index contributed by atoms with van der Waals surface area (Å²) in [5.74, 6) is 0.383. The maximum Gasteiger partial charge on any atom is 0.115 e. The molecule has 0 amide bonds. The Labute approximate surface area is 123 Å². The first kappa shape index (κ1) is 15.3. The fraction of sp³-hybridized carbons (Fsp3) is 0.647. The summed E-state index contributed by atoms with van der Waals surface area (Å²) in [5.41, 5.74) is 2.68. The number of aromatic hydroxyl groups is 1. The van der Waals surface area contributed by atoms with Crippen molar-refractivity contribution in [3.8, 4) is 5.75 Å². The fourth-order valence-electron chi connectivity index (χ4n) is 3.22. The van der Waals surface area contributed by atoms with Crippen LogP contribution < -0.4 is 5.32 Å². The normalized spacial score (nSPS) is 19.9. The molecule has 20 heavy (non-hydrogen) atoms. The van der Waals surface area contributed by atoms with Crippen LogP contribution in [0.4, 0.5) is 0 Å². The Morgan fingerprint density at radius 2 is 2.10 bits per heavy atom. The van der Waals surface area contributed by atoms with Gasteiger partial charge in [0.2, 0.25) is 0 Å². The van der Waals surface area contributed by atoms with Crippen LogP contribution in [0.5, 0.6) is 5.75 Å². The van der Waals surface area contributed by atoms with Gasteiger partial charge in [-0.25, -0.2) is 0 Å². The number of phenols is 1. The third kappa shape index (κ3) is 3.74. The number of hydrogen-bond donors (Lipinski definition) is 2. The summed E-state index contributed by atoms with van der Waals surface area (Å²) in [6.45, 7) is 9.97. The molecule has 1 aromatic carbocycles. The molecule has 3 nitrogen and oxygen atoms in total. The zero-order valence-electron chi connectivity index (χ0n) is 13.0. The fourth-order valence-corrected chi connectivity index (χ4v) is 3.22. The van der Waals surface area contributed by atoms with E-state index in [4.69, 9.17) is 0 Å².